The number of rotatable bonds is 31. The van der Waals surface area contributed by atoms with Gasteiger partial charge in [-0.3, -0.25) is 38.2 Å². The number of Topliss-reactive ketones (excluding diaryl/α,β-unsaturated/α-hetero) is 1. The number of aromatic nitrogens is 8. The van der Waals surface area contributed by atoms with Gasteiger partial charge in [0.25, 0.3) is 5.56 Å². The molecule has 3 atom stereocenters. The lowest BCUT2D eigenvalue weighted by Gasteiger charge is -2.35. The van der Waals surface area contributed by atoms with Crippen molar-refractivity contribution in [1.82, 2.24) is 65.2 Å². The molecule has 0 bridgehead atoms. The van der Waals surface area contributed by atoms with E-state index in [1.807, 2.05) is 55.7 Å². The maximum Gasteiger partial charge on any atom is 0.263 e. The summed E-state index contributed by atoms with van der Waals surface area (Å²) in [6, 6.07) is 9.82. The summed E-state index contributed by atoms with van der Waals surface area (Å²) in [5, 5.41) is 31.6. The normalized spacial score (nSPS) is 16.8. The van der Waals surface area contributed by atoms with E-state index < -0.39 is 41.3 Å². The summed E-state index contributed by atoms with van der Waals surface area (Å²) in [7, 11) is 0. The van der Waals surface area contributed by atoms with Gasteiger partial charge in [0, 0.05) is 95.4 Å². The zero-order chi connectivity index (χ0) is 63.7. The zero-order valence-corrected chi connectivity index (χ0v) is 53.2. The Balaban J connectivity index is 0.570. The van der Waals surface area contributed by atoms with Crippen molar-refractivity contribution in [3.05, 3.63) is 98.9 Å². The molecule has 7 heterocycles. The topological polar surface area (TPSA) is 305 Å². The quantitative estimate of drug-likeness (QED) is 0.0292. The van der Waals surface area contributed by atoms with Gasteiger partial charge in [-0.25, -0.2) is 19.6 Å². The molecule has 9 rings (SSSR count). The monoisotopic (exact) mass is 1260 g/mol. The van der Waals surface area contributed by atoms with E-state index in [2.05, 4.69) is 56.3 Å². The molecule has 2 saturated heterocycles. The van der Waals surface area contributed by atoms with Crippen LogP contribution in [-0.2, 0) is 57.8 Å². The number of anilines is 3. The summed E-state index contributed by atoms with van der Waals surface area (Å²) in [5.41, 5.74) is 6.89. The molecule has 5 N–H and O–H groups in total. The Morgan fingerprint density at radius 3 is 2.16 bits per heavy atom. The standard InChI is InChI=1S/C63H85N15O11S/c1-41-50-36-67-62(71-58(50)78(47-9-7-8-10-47)60(84)55(41)43(3)79)69-52-16-15-48(35-65-52)75-22-20-74(21-23-75)37-46-38-76(73-72-46)24-26-87-28-30-89-32-31-88-29-27-86-25-19-64-53(81)17-18-54(82)70-57(63(4,5)6)61(85)77-39-49(80)33-51(77)59(83)66-34-44-11-13-45(14-12-44)56-42(2)68-40-90-56/h11-16,35-36,38,40,47,49,51,57,80H,7-10,17-34,37,39H2,1-6H3,(H,64,81)(H,66,83)(H,70,82)(H,65,67,69,71)/t49-,51+,57-/m1/s1. The fourth-order valence-electron chi connectivity index (χ4n) is 11.5. The smallest absolute Gasteiger partial charge is 0.263 e. The van der Waals surface area contributed by atoms with Crippen LogP contribution in [0.5, 0.6) is 0 Å². The number of likely N-dealkylation sites (tertiary alicyclic amines) is 1. The van der Waals surface area contributed by atoms with Crippen LogP contribution in [0.15, 0.2) is 65.3 Å². The van der Waals surface area contributed by atoms with Crippen LogP contribution >= 0.6 is 11.3 Å². The number of ketones is 1. The molecule has 1 aliphatic carbocycles. The van der Waals surface area contributed by atoms with E-state index in [1.54, 1.807) is 60.0 Å². The van der Waals surface area contributed by atoms with Crippen LogP contribution in [0.1, 0.15) is 112 Å². The van der Waals surface area contributed by atoms with Crippen molar-refractivity contribution in [2.45, 2.75) is 130 Å². The van der Waals surface area contributed by atoms with Crippen molar-refractivity contribution >= 4 is 69.2 Å². The van der Waals surface area contributed by atoms with Crippen LogP contribution in [0.3, 0.4) is 0 Å². The van der Waals surface area contributed by atoms with Crippen LogP contribution < -0.4 is 31.7 Å². The fraction of sp³-hybridized carbons (Fsp3) is 0.556. The Labute approximate surface area is 527 Å². The van der Waals surface area contributed by atoms with E-state index in [0.717, 1.165) is 84.9 Å². The lowest BCUT2D eigenvalue weighted by Crippen LogP contribution is -2.57. The van der Waals surface area contributed by atoms with E-state index in [0.29, 0.717) is 87.7 Å². The van der Waals surface area contributed by atoms with Crippen LogP contribution in [0, 0.1) is 19.3 Å². The molecule has 4 amide bonds. The van der Waals surface area contributed by atoms with E-state index in [1.165, 1.54) is 11.8 Å². The summed E-state index contributed by atoms with van der Waals surface area (Å²) >= 11 is 1.56. The summed E-state index contributed by atoms with van der Waals surface area (Å²) in [6.07, 6.45) is 8.20. The van der Waals surface area contributed by atoms with E-state index in [-0.39, 0.29) is 74.4 Å². The van der Waals surface area contributed by atoms with Gasteiger partial charge in [0.05, 0.1) is 105 Å². The van der Waals surface area contributed by atoms with Gasteiger partial charge in [0.1, 0.15) is 23.5 Å². The third-order valence-electron chi connectivity index (χ3n) is 16.4. The number of aliphatic hydroxyl groups excluding tert-OH is 1. The number of amides is 4. The Morgan fingerprint density at radius 1 is 0.811 bits per heavy atom. The molecule has 90 heavy (non-hydrogen) atoms. The molecular formula is C63H85N15O11S. The van der Waals surface area contributed by atoms with Crippen LogP contribution in [-0.4, -0.2) is 194 Å². The number of aryl methyl sites for hydroxylation is 2. The number of carbonyl (C=O) groups is 5. The average molecular weight is 1260 g/mol. The number of fused-ring (bicyclic) bond motifs is 1. The first kappa shape index (κ1) is 66.8. The maximum atomic E-state index is 14.0. The predicted molar refractivity (Wildman–Crippen MR) is 338 cm³/mol. The van der Waals surface area contributed by atoms with Crippen molar-refractivity contribution in [1.29, 1.82) is 0 Å². The van der Waals surface area contributed by atoms with Gasteiger partial charge in [-0.05, 0) is 67.9 Å². The van der Waals surface area contributed by atoms with E-state index in [4.69, 9.17) is 23.9 Å². The van der Waals surface area contributed by atoms with Gasteiger partial charge in [0.2, 0.25) is 29.6 Å². The molecule has 26 nitrogen and oxygen atoms in total. The molecule has 3 fully saturated rings. The minimum absolute atomic E-state index is 0.00379. The largest absolute Gasteiger partial charge is 0.391 e. The highest BCUT2D eigenvalue weighted by Gasteiger charge is 2.44. The molecule has 6 aromatic rings. The number of carbonyl (C=O) groups excluding carboxylic acids is 5. The van der Waals surface area contributed by atoms with Crippen molar-refractivity contribution in [3.8, 4) is 10.4 Å². The minimum atomic E-state index is -1.01. The first-order chi connectivity index (χ1) is 43.4. The Hall–Kier alpha value is -7.66. The van der Waals surface area contributed by atoms with Gasteiger partial charge in [-0.15, -0.1) is 16.4 Å². The lowest BCUT2D eigenvalue weighted by molar-refractivity contribution is -0.144. The summed E-state index contributed by atoms with van der Waals surface area (Å²) in [4.78, 5) is 105. The van der Waals surface area contributed by atoms with Gasteiger partial charge >= 0.3 is 0 Å². The molecule has 3 aliphatic rings. The van der Waals surface area contributed by atoms with Gasteiger partial charge in [-0.1, -0.05) is 63.1 Å². The zero-order valence-electron chi connectivity index (χ0n) is 52.4. The van der Waals surface area contributed by atoms with Crippen LogP contribution in [0.4, 0.5) is 17.5 Å². The van der Waals surface area contributed by atoms with Crippen molar-refractivity contribution in [2.75, 3.05) is 102 Å². The number of nitrogens with one attached hydrogen (secondary N) is 4. The highest BCUT2D eigenvalue weighted by molar-refractivity contribution is 7.13. The molecule has 1 aromatic carbocycles. The first-order valence-corrected chi connectivity index (χ1v) is 31.9. The number of ether oxygens (including phenoxy) is 4. The minimum Gasteiger partial charge on any atom is -0.391 e. The number of β-amino-alcohol motifs (C(OH)–C–C–N with tert-alkyl or cyclic N) is 1. The van der Waals surface area contributed by atoms with Crippen LogP contribution in [0.25, 0.3) is 21.5 Å². The van der Waals surface area contributed by atoms with E-state index in [9.17, 15) is 33.9 Å². The number of hydrogen-bond acceptors (Lipinski definition) is 21. The highest BCUT2D eigenvalue weighted by Crippen LogP contribution is 2.33. The van der Waals surface area contributed by atoms with E-state index >= 15 is 0 Å². The second-order valence-electron chi connectivity index (χ2n) is 24.1. The van der Waals surface area contributed by atoms with Crippen molar-refractivity contribution in [2.24, 2.45) is 5.41 Å². The third-order valence-corrected chi connectivity index (χ3v) is 17.4. The van der Waals surface area contributed by atoms with Crippen LogP contribution in [0.2, 0.25) is 0 Å². The second-order valence-corrected chi connectivity index (χ2v) is 25.0. The lowest BCUT2D eigenvalue weighted by atomic mass is 9.85. The molecule has 0 unspecified atom stereocenters. The molecule has 484 valence electrons. The SMILES string of the molecule is CC(=O)c1c(C)c2cnc(Nc3ccc(N4CCN(Cc5cn(CCOCCOCCOCCOCCNC(=O)CCC(=O)N[C@H](C(=O)N6C[C@H](O)C[C@H]6C(=O)NCc6ccc(-c7scnc7C)cc6)C(C)(C)C)nn5)CC4)cn3)nc2n(C2CCCC2)c1=O. The van der Waals surface area contributed by atoms with Gasteiger partial charge in [0.15, 0.2) is 5.78 Å². The number of benzene rings is 1. The Morgan fingerprint density at radius 2 is 1.50 bits per heavy atom. The summed E-state index contributed by atoms with van der Waals surface area (Å²) in [6.45, 7) is 18.6. The molecule has 2 aliphatic heterocycles. The molecular weight excluding hydrogens is 1170 g/mol. The second kappa shape index (κ2) is 31.9. The highest BCUT2D eigenvalue weighted by atomic mass is 32.1. The molecule has 0 spiro atoms. The Kier molecular flexibility index (Phi) is 23.6. The summed E-state index contributed by atoms with van der Waals surface area (Å²) < 4.78 is 26.0. The predicted octanol–water partition coefficient (Wildman–Crippen LogP) is 4.67. The van der Waals surface area contributed by atoms with Crippen molar-refractivity contribution < 1.29 is 48.0 Å². The van der Waals surface area contributed by atoms with Crippen molar-refractivity contribution in [3.63, 3.8) is 0 Å². The molecule has 1 saturated carbocycles. The molecule has 27 heteroatoms. The number of pyridine rings is 2. The molecule has 5 aromatic heterocycles. The Bertz CT molecular complexity index is 3450. The van der Waals surface area contributed by atoms with Gasteiger partial charge < -0.3 is 55.1 Å². The van der Waals surface area contributed by atoms with Gasteiger partial charge in [-0.2, -0.15) is 4.98 Å². The average Bonchev–Trinajstić information content (AvgIpc) is 0.847. The maximum absolute atomic E-state index is 14.0. The fourth-order valence-corrected chi connectivity index (χ4v) is 12.3. The number of nitrogens with zero attached hydrogens (tertiary/aromatic N) is 11. The number of thiazole rings is 1. The number of hydrogen-bond donors (Lipinski definition) is 5. The summed E-state index contributed by atoms with van der Waals surface area (Å²) in [5.74, 6) is -1.04. The number of piperazine rings is 1. The first-order valence-electron chi connectivity index (χ1n) is 31.0. The molecule has 0 radical (unpaired) electrons. The third kappa shape index (κ3) is 18.1. The number of aliphatic hydroxyl groups is 1.